The fraction of sp³-hybridized carbons (Fsp3) is 0.364. The van der Waals surface area contributed by atoms with Crippen LogP contribution in [0.4, 0.5) is 0 Å². The van der Waals surface area contributed by atoms with Crippen LogP contribution in [0.5, 0.6) is 5.75 Å². The van der Waals surface area contributed by atoms with Crippen molar-refractivity contribution in [2.45, 2.75) is 18.7 Å². The molecule has 0 unspecified atom stereocenters. The molecule has 0 N–H and O–H groups in total. The third-order valence-corrected chi connectivity index (χ3v) is 2.98. The third-order valence-electron chi connectivity index (χ3n) is 2.10. The van der Waals surface area contributed by atoms with Gasteiger partial charge in [-0.25, -0.2) is 0 Å². The summed E-state index contributed by atoms with van der Waals surface area (Å²) in [5, 5.41) is 0. The number of hydrogen-bond acceptors (Lipinski definition) is 3. The Morgan fingerprint density at radius 1 is 1.43 bits per heavy atom. The molecule has 0 aliphatic heterocycles. The standard InChI is InChI=1S/C11H14O2S/c1-7-5-10(13-3)9(8(2)12)6-11(7)14-4/h5-6H,1-4H3. The zero-order valence-electron chi connectivity index (χ0n) is 8.88. The maximum absolute atomic E-state index is 11.3. The summed E-state index contributed by atoms with van der Waals surface area (Å²) in [6, 6.07) is 3.80. The minimum Gasteiger partial charge on any atom is -0.496 e. The van der Waals surface area contributed by atoms with E-state index in [-0.39, 0.29) is 5.78 Å². The number of thioether (sulfide) groups is 1. The lowest BCUT2D eigenvalue weighted by atomic mass is 10.1. The molecule has 0 fully saturated rings. The molecule has 0 saturated carbocycles. The highest BCUT2D eigenvalue weighted by atomic mass is 32.2. The molecular formula is C11H14O2S. The van der Waals surface area contributed by atoms with Crippen LogP contribution in [-0.2, 0) is 0 Å². The zero-order chi connectivity index (χ0) is 10.7. The van der Waals surface area contributed by atoms with Crippen LogP contribution < -0.4 is 4.74 Å². The van der Waals surface area contributed by atoms with Gasteiger partial charge in [-0.3, -0.25) is 4.79 Å². The van der Waals surface area contributed by atoms with E-state index in [2.05, 4.69) is 0 Å². The Bertz CT molecular complexity index is 359. The van der Waals surface area contributed by atoms with E-state index in [0.717, 1.165) is 10.5 Å². The lowest BCUT2D eigenvalue weighted by Gasteiger charge is -2.10. The molecule has 1 aromatic carbocycles. The Morgan fingerprint density at radius 3 is 2.50 bits per heavy atom. The first kappa shape index (κ1) is 11.1. The maximum Gasteiger partial charge on any atom is 0.163 e. The van der Waals surface area contributed by atoms with Crippen molar-refractivity contribution in [2.75, 3.05) is 13.4 Å². The van der Waals surface area contributed by atoms with E-state index in [4.69, 9.17) is 4.74 Å². The van der Waals surface area contributed by atoms with Crippen LogP contribution in [0, 0.1) is 6.92 Å². The molecule has 0 bridgehead atoms. The van der Waals surface area contributed by atoms with Crippen LogP contribution in [0.3, 0.4) is 0 Å². The summed E-state index contributed by atoms with van der Waals surface area (Å²) in [4.78, 5) is 12.4. The van der Waals surface area contributed by atoms with Gasteiger partial charge in [-0.1, -0.05) is 0 Å². The number of rotatable bonds is 3. The SMILES string of the molecule is COc1cc(C)c(SC)cc1C(C)=O. The number of methoxy groups -OCH3 is 1. The number of Topliss-reactive ketones (excluding diaryl/α,β-unsaturated/α-hetero) is 1. The van der Waals surface area contributed by atoms with Gasteiger partial charge in [0.1, 0.15) is 5.75 Å². The number of carbonyl (C=O) groups is 1. The van der Waals surface area contributed by atoms with Crippen molar-refractivity contribution in [1.82, 2.24) is 0 Å². The minimum absolute atomic E-state index is 0.0390. The second kappa shape index (κ2) is 4.51. The summed E-state index contributed by atoms with van der Waals surface area (Å²) in [5.74, 6) is 0.699. The van der Waals surface area contributed by atoms with E-state index < -0.39 is 0 Å². The van der Waals surface area contributed by atoms with Crippen molar-refractivity contribution in [2.24, 2.45) is 0 Å². The molecule has 0 aliphatic carbocycles. The molecular weight excluding hydrogens is 196 g/mol. The highest BCUT2D eigenvalue weighted by Gasteiger charge is 2.10. The molecule has 0 radical (unpaired) electrons. The molecule has 0 spiro atoms. The summed E-state index contributed by atoms with van der Waals surface area (Å²) in [6.07, 6.45) is 2.00. The van der Waals surface area contributed by atoms with Crippen LogP contribution in [0.2, 0.25) is 0 Å². The van der Waals surface area contributed by atoms with Crippen LogP contribution in [0.25, 0.3) is 0 Å². The number of aryl methyl sites for hydroxylation is 1. The Kier molecular flexibility index (Phi) is 3.58. The van der Waals surface area contributed by atoms with Crippen molar-refractivity contribution < 1.29 is 9.53 Å². The highest BCUT2D eigenvalue weighted by Crippen LogP contribution is 2.28. The molecule has 0 aliphatic rings. The Morgan fingerprint density at radius 2 is 2.07 bits per heavy atom. The summed E-state index contributed by atoms with van der Waals surface area (Å²) in [5.41, 5.74) is 1.79. The molecule has 0 amide bonds. The molecule has 0 heterocycles. The first-order valence-electron chi connectivity index (χ1n) is 4.33. The minimum atomic E-state index is 0.0390. The van der Waals surface area contributed by atoms with Crippen LogP contribution in [0.1, 0.15) is 22.8 Å². The second-order valence-corrected chi connectivity index (χ2v) is 3.93. The summed E-state index contributed by atoms with van der Waals surface area (Å²) >= 11 is 1.64. The Hall–Kier alpha value is -0.960. The Labute approximate surface area is 88.7 Å². The van der Waals surface area contributed by atoms with Crippen LogP contribution in [-0.4, -0.2) is 19.1 Å². The fourth-order valence-corrected chi connectivity index (χ4v) is 1.94. The van der Waals surface area contributed by atoms with E-state index >= 15 is 0 Å². The number of ether oxygens (including phenoxy) is 1. The zero-order valence-corrected chi connectivity index (χ0v) is 9.70. The topological polar surface area (TPSA) is 26.3 Å². The van der Waals surface area contributed by atoms with Crippen LogP contribution in [0.15, 0.2) is 17.0 Å². The van der Waals surface area contributed by atoms with Crippen molar-refractivity contribution in [1.29, 1.82) is 0 Å². The molecule has 0 atom stereocenters. The largest absolute Gasteiger partial charge is 0.496 e. The van der Waals surface area contributed by atoms with Gasteiger partial charge in [-0.15, -0.1) is 11.8 Å². The molecule has 0 saturated heterocycles. The van der Waals surface area contributed by atoms with Gasteiger partial charge in [0, 0.05) is 4.90 Å². The van der Waals surface area contributed by atoms with Crippen molar-refractivity contribution >= 4 is 17.5 Å². The molecule has 1 rings (SSSR count). The molecule has 1 aromatic rings. The second-order valence-electron chi connectivity index (χ2n) is 3.08. The predicted molar refractivity (Wildman–Crippen MR) is 59.5 cm³/mol. The van der Waals surface area contributed by atoms with Crippen molar-refractivity contribution in [3.8, 4) is 5.75 Å². The first-order chi connectivity index (χ1) is 6.60. The molecule has 3 heteroatoms. The lowest BCUT2D eigenvalue weighted by molar-refractivity contribution is 0.101. The van der Waals surface area contributed by atoms with Gasteiger partial charge in [0.15, 0.2) is 5.78 Å². The third kappa shape index (κ3) is 2.10. The van der Waals surface area contributed by atoms with Crippen LogP contribution >= 0.6 is 11.8 Å². The van der Waals surface area contributed by atoms with E-state index in [0.29, 0.717) is 11.3 Å². The monoisotopic (exact) mass is 210 g/mol. The van der Waals surface area contributed by atoms with Crippen molar-refractivity contribution in [3.63, 3.8) is 0 Å². The van der Waals surface area contributed by atoms with Gasteiger partial charge in [-0.2, -0.15) is 0 Å². The first-order valence-corrected chi connectivity index (χ1v) is 5.56. The number of benzene rings is 1. The smallest absolute Gasteiger partial charge is 0.163 e. The van der Waals surface area contributed by atoms with E-state index in [1.807, 2.05) is 25.3 Å². The summed E-state index contributed by atoms with van der Waals surface area (Å²) < 4.78 is 5.16. The van der Waals surface area contributed by atoms with Crippen molar-refractivity contribution in [3.05, 3.63) is 23.3 Å². The molecule has 14 heavy (non-hydrogen) atoms. The average Bonchev–Trinajstić information content (AvgIpc) is 2.16. The number of ketones is 1. The van der Waals surface area contributed by atoms with E-state index in [9.17, 15) is 4.79 Å². The normalized spacial score (nSPS) is 10.0. The maximum atomic E-state index is 11.3. The quantitative estimate of drug-likeness (QED) is 0.567. The fourth-order valence-electron chi connectivity index (χ4n) is 1.33. The highest BCUT2D eigenvalue weighted by molar-refractivity contribution is 7.98. The molecule has 76 valence electrons. The molecule has 0 aromatic heterocycles. The van der Waals surface area contributed by atoms with Gasteiger partial charge < -0.3 is 4.74 Å². The van der Waals surface area contributed by atoms with Gasteiger partial charge in [0.25, 0.3) is 0 Å². The summed E-state index contributed by atoms with van der Waals surface area (Å²) in [6.45, 7) is 3.57. The molecule has 2 nitrogen and oxygen atoms in total. The van der Waals surface area contributed by atoms with Gasteiger partial charge in [-0.05, 0) is 37.8 Å². The number of hydrogen-bond donors (Lipinski definition) is 0. The number of carbonyl (C=O) groups excluding carboxylic acids is 1. The van der Waals surface area contributed by atoms with Gasteiger partial charge >= 0.3 is 0 Å². The van der Waals surface area contributed by atoms with Gasteiger partial charge in [0.2, 0.25) is 0 Å². The Balaban J connectivity index is 3.32. The van der Waals surface area contributed by atoms with E-state index in [1.165, 1.54) is 0 Å². The summed E-state index contributed by atoms with van der Waals surface area (Å²) in [7, 11) is 1.58. The predicted octanol–water partition coefficient (Wildman–Crippen LogP) is 2.93. The van der Waals surface area contributed by atoms with Gasteiger partial charge in [0.05, 0.1) is 12.7 Å². The average molecular weight is 210 g/mol. The van der Waals surface area contributed by atoms with E-state index in [1.54, 1.807) is 25.8 Å². The lowest BCUT2D eigenvalue weighted by Crippen LogP contribution is -1.99.